The fourth-order valence-corrected chi connectivity index (χ4v) is 3.36. The van der Waals surface area contributed by atoms with Gasteiger partial charge in [-0.15, -0.1) is 0 Å². The second-order valence-electron chi connectivity index (χ2n) is 6.43. The molecule has 1 saturated heterocycles. The van der Waals surface area contributed by atoms with E-state index in [2.05, 4.69) is 18.7 Å². The van der Waals surface area contributed by atoms with E-state index in [1.54, 1.807) is 0 Å². The van der Waals surface area contributed by atoms with Crippen molar-refractivity contribution >= 4 is 5.91 Å². The van der Waals surface area contributed by atoms with Crippen molar-refractivity contribution in [3.8, 4) is 0 Å². The molecule has 1 atom stereocenters. The van der Waals surface area contributed by atoms with Crippen LogP contribution in [0.5, 0.6) is 0 Å². The zero-order valence-electron chi connectivity index (χ0n) is 12.0. The van der Waals surface area contributed by atoms with Gasteiger partial charge in [0.2, 0.25) is 5.91 Å². The maximum atomic E-state index is 12.4. The van der Waals surface area contributed by atoms with Crippen molar-refractivity contribution in [3.63, 3.8) is 0 Å². The lowest BCUT2D eigenvalue weighted by Crippen LogP contribution is -2.68. The summed E-state index contributed by atoms with van der Waals surface area (Å²) in [6, 6.07) is 0.454. The van der Waals surface area contributed by atoms with Crippen LogP contribution < -0.4 is 5.73 Å². The number of carbonyl (C=O) groups excluding carboxylic acids is 1. The highest BCUT2D eigenvalue weighted by molar-refractivity contribution is 5.83. The summed E-state index contributed by atoms with van der Waals surface area (Å²) >= 11 is 0. The average molecular weight is 253 g/mol. The van der Waals surface area contributed by atoms with E-state index in [0.29, 0.717) is 12.6 Å². The van der Waals surface area contributed by atoms with E-state index in [1.807, 2.05) is 11.9 Å². The third-order valence-corrected chi connectivity index (χ3v) is 4.76. The third kappa shape index (κ3) is 2.41. The lowest BCUT2D eigenvalue weighted by molar-refractivity contribution is -0.151. The Bertz CT molecular complexity index is 310. The van der Waals surface area contributed by atoms with Gasteiger partial charge in [-0.25, -0.2) is 0 Å². The van der Waals surface area contributed by atoms with Crippen molar-refractivity contribution in [2.75, 3.05) is 20.1 Å². The number of nitrogens with two attached hydrogens (primary N) is 1. The standard InChI is InChI=1S/C14H27N3O/c1-14(2)10-17(11-7-5-4-6-8-11)12(9-15)13(18)16(14)3/h11-12H,4-10,15H2,1-3H3. The molecule has 4 nitrogen and oxygen atoms in total. The van der Waals surface area contributed by atoms with Crippen LogP contribution >= 0.6 is 0 Å². The van der Waals surface area contributed by atoms with E-state index in [-0.39, 0.29) is 17.5 Å². The third-order valence-electron chi connectivity index (χ3n) is 4.76. The minimum absolute atomic E-state index is 0.0831. The van der Waals surface area contributed by atoms with Crippen LogP contribution in [-0.2, 0) is 4.79 Å². The van der Waals surface area contributed by atoms with Crippen molar-refractivity contribution in [2.24, 2.45) is 5.73 Å². The first kappa shape index (κ1) is 13.8. The second-order valence-corrected chi connectivity index (χ2v) is 6.43. The summed E-state index contributed by atoms with van der Waals surface area (Å²) in [7, 11) is 1.91. The van der Waals surface area contributed by atoms with E-state index in [9.17, 15) is 4.79 Å². The number of piperazine rings is 1. The molecule has 2 aliphatic rings. The number of hydrogen-bond acceptors (Lipinski definition) is 3. The van der Waals surface area contributed by atoms with Crippen LogP contribution in [0.25, 0.3) is 0 Å². The topological polar surface area (TPSA) is 49.6 Å². The predicted molar refractivity (Wildman–Crippen MR) is 73.3 cm³/mol. The predicted octanol–water partition coefficient (Wildman–Crippen LogP) is 1.20. The first-order valence-electron chi connectivity index (χ1n) is 7.21. The molecule has 1 aliphatic heterocycles. The highest BCUT2D eigenvalue weighted by atomic mass is 16.2. The summed E-state index contributed by atoms with van der Waals surface area (Å²) in [5.41, 5.74) is 5.77. The monoisotopic (exact) mass is 253 g/mol. The molecule has 2 N–H and O–H groups in total. The average Bonchev–Trinajstić information content (AvgIpc) is 2.37. The van der Waals surface area contributed by atoms with Gasteiger partial charge >= 0.3 is 0 Å². The zero-order valence-corrected chi connectivity index (χ0v) is 12.0. The Kier molecular flexibility index (Phi) is 3.97. The van der Waals surface area contributed by atoms with Crippen molar-refractivity contribution in [1.82, 2.24) is 9.80 Å². The highest BCUT2D eigenvalue weighted by Gasteiger charge is 2.44. The minimum atomic E-state index is -0.105. The molecule has 1 amide bonds. The minimum Gasteiger partial charge on any atom is -0.338 e. The number of nitrogens with zero attached hydrogens (tertiary/aromatic N) is 2. The number of rotatable bonds is 2. The lowest BCUT2D eigenvalue weighted by atomic mass is 9.88. The van der Waals surface area contributed by atoms with E-state index in [0.717, 1.165) is 6.54 Å². The molecule has 0 aromatic heterocycles. The number of carbonyl (C=O) groups is 1. The number of hydrogen-bond donors (Lipinski definition) is 1. The molecule has 1 saturated carbocycles. The summed E-state index contributed by atoms with van der Waals surface area (Å²) < 4.78 is 0. The van der Waals surface area contributed by atoms with Crippen LogP contribution in [0.3, 0.4) is 0 Å². The van der Waals surface area contributed by atoms with E-state index >= 15 is 0 Å². The Morgan fingerprint density at radius 2 is 1.89 bits per heavy atom. The van der Waals surface area contributed by atoms with Gasteiger partial charge in [-0.05, 0) is 26.7 Å². The van der Waals surface area contributed by atoms with Gasteiger partial charge in [0.25, 0.3) is 0 Å². The molecule has 104 valence electrons. The van der Waals surface area contributed by atoms with E-state index in [4.69, 9.17) is 5.73 Å². The van der Waals surface area contributed by atoms with Crippen LogP contribution in [0.15, 0.2) is 0 Å². The molecule has 0 bridgehead atoms. The van der Waals surface area contributed by atoms with Crippen molar-refractivity contribution < 1.29 is 4.79 Å². The SMILES string of the molecule is CN1C(=O)C(CN)N(C2CCCCC2)CC1(C)C. The molecule has 1 heterocycles. The molecule has 2 rings (SSSR count). The van der Waals surface area contributed by atoms with Crippen LogP contribution in [0, 0.1) is 0 Å². The maximum Gasteiger partial charge on any atom is 0.241 e. The van der Waals surface area contributed by atoms with Gasteiger partial charge in [-0.1, -0.05) is 19.3 Å². The fourth-order valence-electron chi connectivity index (χ4n) is 3.36. The normalized spacial score (nSPS) is 30.8. The quantitative estimate of drug-likeness (QED) is 0.804. The highest BCUT2D eigenvalue weighted by Crippen LogP contribution is 2.30. The first-order valence-corrected chi connectivity index (χ1v) is 7.21. The largest absolute Gasteiger partial charge is 0.338 e. The van der Waals surface area contributed by atoms with E-state index < -0.39 is 0 Å². The maximum absolute atomic E-state index is 12.4. The Hall–Kier alpha value is -0.610. The second kappa shape index (κ2) is 5.17. The molecule has 0 aromatic carbocycles. The van der Waals surface area contributed by atoms with Gasteiger partial charge in [0.15, 0.2) is 0 Å². The van der Waals surface area contributed by atoms with Gasteiger partial charge < -0.3 is 10.6 Å². The summed E-state index contributed by atoms with van der Waals surface area (Å²) in [4.78, 5) is 16.7. The van der Waals surface area contributed by atoms with Crippen LogP contribution in [0.1, 0.15) is 46.0 Å². The number of amides is 1. The van der Waals surface area contributed by atoms with Gasteiger partial charge in [0.1, 0.15) is 6.04 Å². The van der Waals surface area contributed by atoms with Crippen molar-refractivity contribution in [2.45, 2.75) is 63.6 Å². The smallest absolute Gasteiger partial charge is 0.241 e. The molecule has 2 fully saturated rings. The van der Waals surface area contributed by atoms with Gasteiger partial charge in [0.05, 0.1) is 0 Å². The lowest BCUT2D eigenvalue weighted by Gasteiger charge is -2.52. The number of likely N-dealkylation sites (N-methyl/N-ethyl adjacent to an activating group) is 1. The molecule has 1 unspecified atom stereocenters. The Labute approximate surface area is 110 Å². The summed E-state index contributed by atoms with van der Waals surface area (Å²) in [6.07, 6.45) is 6.38. The molecule has 0 spiro atoms. The van der Waals surface area contributed by atoms with Gasteiger partial charge in [-0.2, -0.15) is 0 Å². The molecule has 0 aromatic rings. The van der Waals surface area contributed by atoms with Crippen LogP contribution in [0.2, 0.25) is 0 Å². The van der Waals surface area contributed by atoms with Crippen molar-refractivity contribution in [3.05, 3.63) is 0 Å². The first-order chi connectivity index (χ1) is 8.47. The Morgan fingerprint density at radius 3 is 2.44 bits per heavy atom. The fraction of sp³-hybridized carbons (Fsp3) is 0.929. The molecular weight excluding hydrogens is 226 g/mol. The Morgan fingerprint density at radius 1 is 1.28 bits per heavy atom. The van der Waals surface area contributed by atoms with Gasteiger partial charge in [0, 0.05) is 31.7 Å². The summed E-state index contributed by atoms with van der Waals surface area (Å²) in [6.45, 7) is 5.68. The molecule has 18 heavy (non-hydrogen) atoms. The van der Waals surface area contributed by atoms with Crippen LogP contribution in [-0.4, -0.2) is 53.5 Å². The molecule has 1 aliphatic carbocycles. The molecule has 0 radical (unpaired) electrons. The van der Waals surface area contributed by atoms with Gasteiger partial charge in [-0.3, -0.25) is 9.69 Å². The summed E-state index contributed by atoms with van der Waals surface area (Å²) in [5.74, 6) is 0.194. The molecule has 4 heteroatoms. The van der Waals surface area contributed by atoms with Crippen molar-refractivity contribution in [1.29, 1.82) is 0 Å². The van der Waals surface area contributed by atoms with E-state index in [1.165, 1.54) is 32.1 Å². The molecular formula is C14H27N3O. The zero-order chi connectivity index (χ0) is 13.3. The Balaban J connectivity index is 2.18. The summed E-state index contributed by atoms with van der Waals surface area (Å²) in [5, 5.41) is 0. The van der Waals surface area contributed by atoms with Crippen LogP contribution in [0.4, 0.5) is 0 Å².